The Bertz CT molecular complexity index is 1490. The minimum atomic E-state index is -0.755. The van der Waals surface area contributed by atoms with E-state index in [0.717, 1.165) is 6.08 Å². The molecule has 0 unspecified atom stereocenters. The Hall–Kier alpha value is -4.48. The molecule has 4 rings (SSSR count). The highest BCUT2D eigenvalue weighted by atomic mass is 35.5. The molecular weight excluding hydrogens is 447 g/mol. The van der Waals surface area contributed by atoms with Gasteiger partial charge in [-0.2, -0.15) is 10.2 Å². The zero-order valence-corrected chi connectivity index (χ0v) is 17.6. The number of amides is 1. The van der Waals surface area contributed by atoms with Crippen LogP contribution in [0.4, 0.5) is 10.1 Å². The number of para-hydroxylation sites is 1. The van der Waals surface area contributed by atoms with Gasteiger partial charge in [0.2, 0.25) is 5.88 Å². The number of anilines is 1. The van der Waals surface area contributed by atoms with Gasteiger partial charge in [-0.25, -0.2) is 4.39 Å². The van der Waals surface area contributed by atoms with Crippen molar-refractivity contribution in [3.05, 3.63) is 105 Å². The van der Waals surface area contributed by atoms with Crippen LogP contribution < -0.4 is 15.6 Å². The van der Waals surface area contributed by atoms with Crippen LogP contribution in [0.3, 0.4) is 0 Å². The van der Waals surface area contributed by atoms with Crippen LogP contribution in [0, 0.1) is 17.1 Å². The lowest BCUT2D eigenvalue weighted by molar-refractivity contribution is -0.112. The first kappa shape index (κ1) is 21.7. The standard InChI is InChI=1S/C24H14ClFN4O3/c25-16-8-10-17(11-9-16)28-22(31)15(14-27)13-18-23(33-20-6-2-1-5-19(20)26)29-21-7-3-4-12-30(21)24(18)32/h1-13H,(H,28,31)/b15-13-. The maximum Gasteiger partial charge on any atom is 0.269 e. The summed E-state index contributed by atoms with van der Waals surface area (Å²) >= 11 is 5.84. The Morgan fingerprint density at radius 3 is 2.58 bits per heavy atom. The van der Waals surface area contributed by atoms with Crippen LogP contribution in [-0.2, 0) is 4.79 Å². The maximum atomic E-state index is 14.2. The Balaban J connectivity index is 1.81. The number of benzene rings is 2. The normalized spacial score (nSPS) is 11.1. The predicted octanol–water partition coefficient (Wildman–Crippen LogP) is 4.82. The van der Waals surface area contributed by atoms with Gasteiger partial charge in [0.25, 0.3) is 11.5 Å². The van der Waals surface area contributed by atoms with Gasteiger partial charge in [0, 0.05) is 16.9 Å². The summed E-state index contributed by atoms with van der Waals surface area (Å²) in [4.78, 5) is 30.1. The second-order valence-corrected chi connectivity index (χ2v) is 7.16. The highest BCUT2D eigenvalue weighted by Crippen LogP contribution is 2.26. The zero-order chi connectivity index (χ0) is 23.4. The molecule has 0 aliphatic heterocycles. The fraction of sp³-hybridized carbons (Fsp3) is 0. The quantitative estimate of drug-likeness (QED) is 0.340. The van der Waals surface area contributed by atoms with Crippen molar-refractivity contribution in [3.63, 3.8) is 0 Å². The number of aromatic nitrogens is 2. The van der Waals surface area contributed by atoms with Gasteiger partial charge in [0.05, 0.1) is 0 Å². The molecule has 0 bridgehead atoms. The van der Waals surface area contributed by atoms with Gasteiger partial charge in [-0.05, 0) is 54.6 Å². The van der Waals surface area contributed by atoms with Gasteiger partial charge in [-0.3, -0.25) is 14.0 Å². The third kappa shape index (κ3) is 4.74. The number of carbonyl (C=O) groups is 1. The van der Waals surface area contributed by atoms with Gasteiger partial charge in [0.15, 0.2) is 11.6 Å². The number of halogens is 2. The number of carbonyl (C=O) groups excluding carboxylic acids is 1. The third-order valence-electron chi connectivity index (χ3n) is 4.53. The van der Waals surface area contributed by atoms with Crippen LogP contribution in [-0.4, -0.2) is 15.3 Å². The van der Waals surface area contributed by atoms with Crippen molar-refractivity contribution in [2.45, 2.75) is 0 Å². The Morgan fingerprint density at radius 2 is 1.85 bits per heavy atom. The summed E-state index contributed by atoms with van der Waals surface area (Å²) in [5.41, 5.74) is -0.515. The summed E-state index contributed by atoms with van der Waals surface area (Å²) in [6, 6.07) is 18.5. The minimum absolute atomic E-state index is 0.163. The van der Waals surface area contributed by atoms with Gasteiger partial charge in [-0.1, -0.05) is 29.8 Å². The molecule has 2 aromatic heterocycles. The number of fused-ring (bicyclic) bond motifs is 1. The Kier molecular flexibility index (Phi) is 6.15. The van der Waals surface area contributed by atoms with Gasteiger partial charge >= 0.3 is 0 Å². The molecule has 0 atom stereocenters. The predicted molar refractivity (Wildman–Crippen MR) is 122 cm³/mol. The van der Waals surface area contributed by atoms with E-state index in [-0.39, 0.29) is 28.4 Å². The van der Waals surface area contributed by atoms with E-state index in [2.05, 4.69) is 10.3 Å². The summed E-state index contributed by atoms with van der Waals surface area (Å²) in [6.07, 6.45) is 2.55. The smallest absolute Gasteiger partial charge is 0.269 e. The Labute approximate surface area is 192 Å². The molecule has 0 radical (unpaired) electrons. The van der Waals surface area contributed by atoms with Gasteiger partial charge < -0.3 is 10.1 Å². The van der Waals surface area contributed by atoms with E-state index in [4.69, 9.17) is 16.3 Å². The van der Waals surface area contributed by atoms with Crippen molar-refractivity contribution in [3.8, 4) is 17.7 Å². The SMILES string of the molecule is N#C/C(=C/c1c(Oc2ccccc2F)nc2ccccn2c1=O)C(=O)Nc1ccc(Cl)cc1. The van der Waals surface area contributed by atoms with Crippen molar-refractivity contribution < 1.29 is 13.9 Å². The number of rotatable bonds is 5. The number of hydrogen-bond donors (Lipinski definition) is 1. The van der Waals surface area contributed by atoms with Crippen LogP contribution in [0.2, 0.25) is 5.02 Å². The number of pyridine rings is 1. The molecule has 2 aromatic carbocycles. The van der Waals surface area contributed by atoms with Crippen molar-refractivity contribution in [1.29, 1.82) is 5.26 Å². The molecular formula is C24H14ClFN4O3. The molecule has 0 aliphatic rings. The molecule has 0 saturated carbocycles. The largest absolute Gasteiger partial charge is 0.435 e. The Morgan fingerprint density at radius 1 is 1.12 bits per heavy atom. The van der Waals surface area contributed by atoms with Crippen molar-refractivity contribution >= 4 is 34.9 Å². The molecule has 162 valence electrons. The second kappa shape index (κ2) is 9.34. The summed E-state index contributed by atoms with van der Waals surface area (Å²) in [5, 5.41) is 12.6. The van der Waals surface area contributed by atoms with E-state index >= 15 is 0 Å². The highest BCUT2D eigenvalue weighted by Gasteiger charge is 2.18. The summed E-state index contributed by atoms with van der Waals surface area (Å²) < 4.78 is 21.0. The first-order chi connectivity index (χ1) is 16.0. The van der Waals surface area contributed by atoms with E-state index < -0.39 is 17.3 Å². The molecule has 33 heavy (non-hydrogen) atoms. The van der Waals surface area contributed by atoms with Gasteiger partial charge in [-0.15, -0.1) is 0 Å². The average molecular weight is 461 g/mol. The van der Waals surface area contributed by atoms with Crippen LogP contribution in [0.1, 0.15) is 5.56 Å². The number of ether oxygens (including phenoxy) is 1. The summed E-state index contributed by atoms with van der Waals surface area (Å²) in [5.74, 6) is -1.83. The fourth-order valence-electron chi connectivity index (χ4n) is 2.94. The van der Waals surface area contributed by atoms with Crippen LogP contribution in [0.5, 0.6) is 11.6 Å². The molecule has 4 aromatic rings. The van der Waals surface area contributed by atoms with E-state index in [1.165, 1.54) is 28.8 Å². The number of nitriles is 1. The number of hydrogen-bond acceptors (Lipinski definition) is 5. The van der Waals surface area contributed by atoms with Crippen molar-refractivity contribution in [1.82, 2.24) is 9.38 Å². The lowest BCUT2D eigenvalue weighted by Gasteiger charge is -2.11. The molecule has 1 N–H and O–H groups in total. The minimum Gasteiger partial charge on any atom is -0.435 e. The molecule has 0 fully saturated rings. The molecule has 0 saturated heterocycles. The van der Waals surface area contributed by atoms with E-state index in [0.29, 0.717) is 10.7 Å². The lowest BCUT2D eigenvalue weighted by Crippen LogP contribution is -2.20. The van der Waals surface area contributed by atoms with Crippen LogP contribution >= 0.6 is 11.6 Å². The fourth-order valence-corrected chi connectivity index (χ4v) is 3.07. The third-order valence-corrected chi connectivity index (χ3v) is 4.79. The maximum absolute atomic E-state index is 14.2. The molecule has 0 aliphatic carbocycles. The van der Waals surface area contributed by atoms with Crippen LogP contribution in [0.25, 0.3) is 11.7 Å². The first-order valence-corrected chi connectivity index (χ1v) is 9.96. The number of nitrogens with one attached hydrogen (secondary N) is 1. The highest BCUT2D eigenvalue weighted by molar-refractivity contribution is 6.30. The summed E-state index contributed by atoms with van der Waals surface area (Å²) in [7, 11) is 0. The molecule has 1 amide bonds. The zero-order valence-electron chi connectivity index (χ0n) is 16.8. The van der Waals surface area contributed by atoms with E-state index in [1.807, 2.05) is 0 Å². The summed E-state index contributed by atoms with van der Waals surface area (Å²) in [6.45, 7) is 0. The lowest BCUT2D eigenvalue weighted by atomic mass is 10.1. The topological polar surface area (TPSA) is 96.5 Å². The molecule has 7 nitrogen and oxygen atoms in total. The molecule has 2 heterocycles. The van der Waals surface area contributed by atoms with Gasteiger partial charge in [0.1, 0.15) is 22.9 Å². The second-order valence-electron chi connectivity index (χ2n) is 6.73. The van der Waals surface area contributed by atoms with Crippen molar-refractivity contribution in [2.75, 3.05) is 5.32 Å². The monoisotopic (exact) mass is 460 g/mol. The van der Waals surface area contributed by atoms with E-state index in [1.54, 1.807) is 54.6 Å². The average Bonchev–Trinajstić information content (AvgIpc) is 2.82. The molecule has 9 heteroatoms. The number of nitrogens with zero attached hydrogens (tertiary/aromatic N) is 3. The van der Waals surface area contributed by atoms with Crippen molar-refractivity contribution in [2.24, 2.45) is 0 Å². The van der Waals surface area contributed by atoms with Crippen LogP contribution in [0.15, 0.2) is 83.3 Å². The van der Waals surface area contributed by atoms with E-state index in [9.17, 15) is 19.2 Å². The first-order valence-electron chi connectivity index (χ1n) is 9.59. The molecule has 0 spiro atoms.